The van der Waals surface area contributed by atoms with Crippen molar-refractivity contribution in [2.75, 3.05) is 29.7 Å². The molecule has 0 saturated heterocycles. The fraction of sp³-hybridized carbons (Fsp3) is 0.200. The quantitative estimate of drug-likeness (QED) is 0.195. The van der Waals surface area contributed by atoms with Crippen molar-refractivity contribution in [2.24, 2.45) is 5.10 Å². The van der Waals surface area contributed by atoms with Crippen molar-refractivity contribution in [2.45, 2.75) is 20.4 Å². The summed E-state index contributed by atoms with van der Waals surface area (Å²) in [6.07, 6.45) is 1.51. The van der Waals surface area contributed by atoms with E-state index in [4.69, 9.17) is 4.42 Å². The van der Waals surface area contributed by atoms with Gasteiger partial charge in [0, 0.05) is 37.8 Å². The maximum atomic E-state index is 11.2. The van der Waals surface area contributed by atoms with Crippen molar-refractivity contribution in [3.05, 3.63) is 87.2 Å². The van der Waals surface area contributed by atoms with Crippen LogP contribution in [0, 0.1) is 24.0 Å². The number of aryl methyl sites for hydroxylation is 2. The Balaban J connectivity index is 1.48. The number of furan rings is 1. The lowest BCUT2D eigenvalue weighted by atomic mass is 10.0. The van der Waals surface area contributed by atoms with Gasteiger partial charge in [0.15, 0.2) is 0 Å². The van der Waals surface area contributed by atoms with E-state index in [1.54, 1.807) is 36.1 Å². The molecule has 0 bridgehead atoms. The Bertz CT molecular complexity index is 1400. The molecule has 11 heteroatoms. The van der Waals surface area contributed by atoms with Gasteiger partial charge in [0.2, 0.25) is 17.8 Å². The zero-order valence-corrected chi connectivity index (χ0v) is 20.4. The summed E-state index contributed by atoms with van der Waals surface area (Å²) >= 11 is 0. The average Bonchev–Trinajstić information content (AvgIpc) is 3.33. The number of hydrogen-bond donors (Lipinski definition) is 2. The summed E-state index contributed by atoms with van der Waals surface area (Å²) in [5, 5.41) is 18.6. The molecular formula is C25H26N8O3. The van der Waals surface area contributed by atoms with Gasteiger partial charge in [0.25, 0.3) is 5.69 Å². The van der Waals surface area contributed by atoms with Gasteiger partial charge in [-0.2, -0.15) is 20.1 Å². The number of nitrogens with zero attached hydrogens (tertiary/aromatic N) is 6. The van der Waals surface area contributed by atoms with E-state index in [0.717, 1.165) is 16.7 Å². The Labute approximate surface area is 208 Å². The molecule has 0 saturated carbocycles. The first-order chi connectivity index (χ1) is 17.3. The summed E-state index contributed by atoms with van der Waals surface area (Å²) in [6.45, 7) is 4.08. The molecular weight excluding hydrogens is 460 g/mol. The fourth-order valence-corrected chi connectivity index (χ4v) is 3.45. The molecule has 0 aliphatic carbocycles. The van der Waals surface area contributed by atoms with E-state index in [1.807, 2.05) is 51.4 Å². The van der Waals surface area contributed by atoms with Gasteiger partial charge in [-0.15, -0.1) is 0 Å². The first-order valence-electron chi connectivity index (χ1n) is 11.2. The first-order valence-corrected chi connectivity index (χ1v) is 11.2. The Morgan fingerprint density at radius 3 is 2.50 bits per heavy atom. The first kappa shape index (κ1) is 24.3. The number of anilines is 3. The van der Waals surface area contributed by atoms with Crippen molar-refractivity contribution in [1.29, 1.82) is 0 Å². The van der Waals surface area contributed by atoms with Crippen LogP contribution in [0.25, 0.3) is 11.3 Å². The van der Waals surface area contributed by atoms with Crippen LogP contribution in [0.4, 0.5) is 23.5 Å². The largest absolute Gasteiger partial charge is 0.455 e. The van der Waals surface area contributed by atoms with Crippen molar-refractivity contribution < 1.29 is 9.34 Å². The molecule has 2 heterocycles. The molecule has 0 unspecified atom stereocenters. The molecule has 2 aromatic heterocycles. The van der Waals surface area contributed by atoms with Crippen molar-refractivity contribution in [3.8, 4) is 11.3 Å². The number of nitro benzene ring substituents is 1. The third kappa shape index (κ3) is 5.81. The minimum atomic E-state index is -0.385. The number of aromatic nitrogens is 3. The highest BCUT2D eigenvalue weighted by Crippen LogP contribution is 2.31. The summed E-state index contributed by atoms with van der Waals surface area (Å²) in [7, 11) is 3.69. The van der Waals surface area contributed by atoms with E-state index in [0.29, 0.717) is 35.5 Å². The van der Waals surface area contributed by atoms with E-state index < -0.39 is 0 Å². The maximum Gasteiger partial charge on any atom is 0.272 e. The molecule has 4 rings (SSSR count). The van der Waals surface area contributed by atoms with Crippen LogP contribution in [0.5, 0.6) is 0 Å². The smallest absolute Gasteiger partial charge is 0.272 e. The van der Waals surface area contributed by atoms with Crippen molar-refractivity contribution in [3.63, 3.8) is 0 Å². The second-order valence-electron chi connectivity index (χ2n) is 8.30. The number of benzene rings is 2. The SMILES string of the molecule is Cc1cc([N+](=O)[O-])c(C)cc1-c1ccc(/C=N/Nc2nc(NCc3ccccc3)nc(N(C)C)n2)o1. The van der Waals surface area contributed by atoms with Gasteiger partial charge in [-0.05, 0) is 43.2 Å². The van der Waals surface area contributed by atoms with Gasteiger partial charge >= 0.3 is 0 Å². The Hall–Kier alpha value is -4.80. The lowest BCUT2D eigenvalue weighted by molar-refractivity contribution is -0.385. The van der Waals surface area contributed by atoms with Crippen LogP contribution < -0.4 is 15.6 Å². The summed E-state index contributed by atoms with van der Waals surface area (Å²) in [6, 6.07) is 16.8. The monoisotopic (exact) mass is 486 g/mol. The molecule has 0 fully saturated rings. The summed E-state index contributed by atoms with van der Waals surface area (Å²) in [5.41, 5.74) is 6.11. The second-order valence-corrected chi connectivity index (χ2v) is 8.30. The Morgan fingerprint density at radius 2 is 1.78 bits per heavy atom. The maximum absolute atomic E-state index is 11.2. The molecule has 0 amide bonds. The highest BCUT2D eigenvalue weighted by Gasteiger charge is 2.16. The van der Waals surface area contributed by atoms with E-state index in [-0.39, 0.29) is 16.6 Å². The van der Waals surface area contributed by atoms with Gasteiger partial charge in [0.05, 0.1) is 11.1 Å². The van der Waals surface area contributed by atoms with E-state index in [9.17, 15) is 10.1 Å². The van der Waals surface area contributed by atoms with E-state index in [2.05, 4.69) is 30.8 Å². The molecule has 0 spiro atoms. The van der Waals surface area contributed by atoms with Crippen molar-refractivity contribution in [1.82, 2.24) is 15.0 Å². The fourth-order valence-electron chi connectivity index (χ4n) is 3.45. The lowest BCUT2D eigenvalue weighted by Crippen LogP contribution is -2.16. The molecule has 2 aromatic carbocycles. The average molecular weight is 487 g/mol. The molecule has 0 atom stereocenters. The number of hydrogen-bond acceptors (Lipinski definition) is 10. The summed E-state index contributed by atoms with van der Waals surface area (Å²) < 4.78 is 5.88. The van der Waals surface area contributed by atoms with Crippen LogP contribution in [-0.2, 0) is 6.54 Å². The van der Waals surface area contributed by atoms with Crippen LogP contribution in [0.3, 0.4) is 0 Å². The van der Waals surface area contributed by atoms with E-state index in [1.165, 1.54) is 6.21 Å². The highest BCUT2D eigenvalue weighted by atomic mass is 16.6. The van der Waals surface area contributed by atoms with Gasteiger partial charge in [-0.3, -0.25) is 10.1 Å². The van der Waals surface area contributed by atoms with Crippen LogP contribution in [0.2, 0.25) is 0 Å². The topological polar surface area (TPSA) is 135 Å². The predicted octanol–water partition coefficient (Wildman–Crippen LogP) is 4.78. The number of hydrazone groups is 1. The van der Waals surface area contributed by atoms with Gasteiger partial charge in [0.1, 0.15) is 11.5 Å². The summed E-state index contributed by atoms with van der Waals surface area (Å²) in [5.74, 6) is 2.25. The molecule has 4 aromatic rings. The van der Waals surface area contributed by atoms with Gasteiger partial charge in [-0.1, -0.05) is 30.3 Å². The number of rotatable bonds is 9. The zero-order valence-electron chi connectivity index (χ0n) is 20.4. The molecule has 11 nitrogen and oxygen atoms in total. The van der Waals surface area contributed by atoms with Crippen LogP contribution in [0.1, 0.15) is 22.5 Å². The van der Waals surface area contributed by atoms with Crippen LogP contribution >= 0.6 is 0 Å². The van der Waals surface area contributed by atoms with Crippen LogP contribution in [-0.4, -0.2) is 40.2 Å². The standard InChI is InChI=1S/C25H26N8O3/c1-16-13-21(33(34)35)17(2)12-20(16)22-11-10-19(36-22)15-27-31-24-28-23(29-25(30-24)32(3)4)26-14-18-8-6-5-7-9-18/h5-13,15H,14H2,1-4H3,(H2,26,28,29,30,31)/b27-15+. The summed E-state index contributed by atoms with van der Waals surface area (Å²) in [4.78, 5) is 25.7. The number of nitro groups is 1. The molecule has 36 heavy (non-hydrogen) atoms. The normalized spacial score (nSPS) is 11.0. The third-order valence-corrected chi connectivity index (χ3v) is 5.31. The highest BCUT2D eigenvalue weighted by molar-refractivity contribution is 5.78. The molecule has 0 aliphatic rings. The number of nitrogens with one attached hydrogen (secondary N) is 2. The van der Waals surface area contributed by atoms with Gasteiger partial charge < -0.3 is 14.6 Å². The lowest BCUT2D eigenvalue weighted by Gasteiger charge is -2.13. The van der Waals surface area contributed by atoms with E-state index >= 15 is 0 Å². The zero-order chi connectivity index (χ0) is 25.7. The molecule has 2 N–H and O–H groups in total. The molecule has 184 valence electrons. The minimum Gasteiger partial charge on any atom is -0.455 e. The predicted molar refractivity (Wildman–Crippen MR) is 139 cm³/mol. The van der Waals surface area contributed by atoms with Gasteiger partial charge in [-0.25, -0.2) is 5.43 Å². The minimum absolute atomic E-state index is 0.0841. The molecule has 0 aliphatic heterocycles. The Morgan fingerprint density at radius 1 is 1.03 bits per heavy atom. The van der Waals surface area contributed by atoms with Crippen LogP contribution in [0.15, 0.2) is 64.1 Å². The molecule has 0 radical (unpaired) electrons. The second kappa shape index (κ2) is 10.6. The van der Waals surface area contributed by atoms with Crippen molar-refractivity contribution >= 4 is 29.7 Å². The third-order valence-electron chi connectivity index (χ3n) is 5.31. The Kier molecular flexibility index (Phi) is 7.19.